The number of oxazole rings is 1. The lowest BCUT2D eigenvalue weighted by atomic mass is 10.0. The van der Waals surface area contributed by atoms with Crippen molar-refractivity contribution in [1.82, 2.24) is 9.97 Å². The second-order valence-electron chi connectivity index (χ2n) is 5.49. The van der Waals surface area contributed by atoms with Crippen LogP contribution in [0.3, 0.4) is 0 Å². The van der Waals surface area contributed by atoms with Gasteiger partial charge in [0.15, 0.2) is 18.8 Å². The number of hydrogen-bond acceptors (Lipinski definition) is 5. The van der Waals surface area contributed by atoms with Crippen LogP contribution in [0.25, 0.3) is 22.6 Å². The van der Waals surface area contributed by atoms with Crippen molar-refractivity contribution < 1.29 is 19.0 Å². The average Bonchev–Trinajstić information content (AvgIpc) is 3.20. The van der Waals surface area contributed by atoms with Crippen molar-refractivity contribution in [2.24, 2.45) is 5.10 Å². The average molecular weight is 321 g/mol. The van der Waals surface area contributed by atoms with Crippen LogP contribution in [-0.4, -0.2) is 45.2 Å². The fourth-order valence-corrected chi connectivity index (χ4v) is 2.61. The second-order valence-corrected chi connectivity index (χ2v) is 5.49. The Bertz CT molecular complexity index is 1020. The van der Waals surface area contributed by atoms with Gasteiger partial charge in [-0.1, -0.05) is 10.8 Å². The van der Waals surface area contributed by atoms with Crippen molar-refractivity contribution in [3.63, 3.8) is 0 Å². The fourth-order valence-electron chi connectivity index (χ4n) is 2.61. The Morgan fingerprint density at radius 3 is 2.92 bits per heavy atom. The molecule has 118 valence electrons. The molecule has 0 bridgehead atoms. The summed E-state index contributed by atoms with van der Waals surface area (Å²) in [4.78, 5) is 19.3. The lowest BCUT2D eigenvalue weighted by molar-refractivity contribution is -0.494. The van der Waals surface area contributed by atoms with Crippen LogP contribution in [0.4, 0.5) is 0 Å². The van der Waals surface area contributed by atoms with E-state index in [1.54, 1.807) is 10.8 Å². The van der Waals surface area contributed by atoms with E-state index in [4.69, 9.17) is 9.52 Å². The number of aromatic carboxylic acids is 1. The van der Waals surface area contributed by atoms with Crippen LogP contribution in [0.15, 0.2) is 46.0 Å². The van der Waals surface area contributed by atoms with E-state index in [0.717, 1.165) is 5.56 Å². The summed E-state index contributed by atoms with van der Waals surface area (Å²) in [5.74, 6) is -0.609. The molecule has 2 aromatic heterocycles. The van der Waals surface area contributed by atoms with Gasteiger partial charge < -0.3 is 9.52 Å². The van der Waals surface area contributed by atoms with Crippen molar-refractivity contribution in [2.75, 3.05) is 7.05 Å². The molecule has 1 N–H and O–H groups in total. The molecule has 4 rings (SSSR count). The molecule has 1 aliphatic heterocycles. The van der Waals surface area contributed by atoms with E-state index in [9.17, 15) is 4.79 Å². The first-order chi connectivity index (χ1) is 11.6. The molecule has 0 saturated carbocycles. The molecule has 0 spiro atoms. The maximum Gasteiger partial charge on any atom is 0.354 e. The third-order valence-corrected chi connectivity index (χ3v) is 3.81. The highest BCUT2D eigenvalue weighted by molar-refractivity contribution is 5.91. The van der Waals surface area contributed by atoms with Gasteiger partial charge in [0.2, 0.25) is 5.89 Å². The molecule has 0 saturated heterocycles. The van der Waals surface area contributed by atoms with Gasteiger partial charge in [-0.15, -0.1) is 0 Å². The Labute approximate surface area is 136 Å². The summed E-state index contributed by atoms with van der Waals surface area (Å²) in [5, 5.41) is 13.2. The number of hydrazone groups is 1. The topological polar surface area (TPSA) is 91.6 Å². The SMILES string of the molecule is C[N+]1=CC(c2ccc3oc(-c4ccnc(C(=O)O)c4)nc3c2)C=N1. The van der Waals surface area contributed by atoms with E-state index in [1.807, 2.05) is 37.7 Å². The van der Waals surface area contributed by atoms with Gasteiger partial charge >= 0.3 is 5.97 Å². The number of carboxylic acids is 1. The number of nitrogens with zero attached hydrogens (tertiary/aromatic N) is 4. The maximum atomic E-state index is 11.0. The lowest BCUT2D eigenvalue weighted by Gasteiger charge is -1.99. The standard InChI is InChI=1S/C17H12N4O3/c1-21-9-12(8-19-21)10-2-3-15-13(6-10)20-16(24-15)11-4-5-18-14(7-11)17(22)23/h2-9,12H,1H3/p+1. The largest absolute Gasteiger partial charge is 0.477 e. The Morgan fingerprint density at radius 2 is 2.17 bits per heavy atom. The van der Waals surface area contributed by atoms with Gasteiger partial charge in [-0.25, -0.2) is 14.8 Å². The quantitative estimate of drug-likeness (QED) is 0.748. The molecule has 1 aliphatic rings. The zero-order valence-electron chi connectivity index (χ0n) is 12.7. The minimum Gasteiger partial charge on any atom is -0.477 e. The molecule has 0 amide bonds. The maximum absolute atomic E-state index is 11.0. The van der Waals surface area contributed by atoms with Gasteiger partial charge in [0.25, 0.3) is 0 Å². The van der Waals surface area contributed by atoms with Crippen LogP contribution in [-0.2, 0) is 0 Å². The van der Waals surface area contributed by atoms with E-state index in [2.05, 4.69) is 15.1 Å². The van der Waals surface area contributed by atoms with E-state index in [-0.39, 0.29) is 11.6 Å². The molecule has 0 aliphatic carbocycles. The summed E-state index contributed by atoms with van der Waals surface area (Å²) in [6, 6.07) is 8.90. The normalized spacial score (nSPS) is 16.5. The molecule has 1 aromatic carbocycles. The zero-order valence-corrected chi connectivity index (χ0v) is 12.7. The van der Waals surface area contributed by atoms with Crippen LogP contribution in [0.1, 0.15) is 22.0 Å². The van der Waals surface area contributed by atoms with Gasteiger partial charge in [-0.05, 0) is 34.9 Å². The third-order valence-electron chi connectivity index (χ3n) is 3.81. The monoisotopic (exact) mass is 321 g/mol. The van der Waals surface area contributed by atoms with Crippen LogP contribution in [0.2, 0.25) is 0 Å². The summed E-state index contributed by atoms with van der Waals surface area (Å²) in [6.45, 7) is 0. The number of fused-ring (bicyclic) bond motifs is 1. The van der Waals surface area contributed by atoms with E-state index in [1.165, 1.54) is 12.3 Å². The minimum atomic E-state index is -1.09. The second kappa shape index (κ2) is 5.38. The van der Waals surface area contributed by atoms with Gasteiger partial charge in [-0.3, -0.25) is 0 Å². The zero-order chi connectivity index (χ0) is 16.7. The number of carbonyl (C=O) groups is 1. The summed E-state index contributed by atoms with van der Waals surface area (Å²) in [5.41, 5.74) is 2.96. The Morgan fingerprint density at radius 1 is 1.29 bits per heavy atom. The molecule has 0 radical (unpaired) electrons. The van der Waals surface area contributed by atoms with Crippen LogP contribution in [0, 0.1) is 0 Å². The van der Waals surface area contributed by atoms with Gasteiger partial charge in [0, 0.05) is 11.8 Å². The Kier molecular flexibility index (Phi) is 3.19. The highest BCUT2D eigenvalue weighted by Crippen LogP contribution is 2.27. The minimum absolute atomic E-state index is 0.0461. The highest BCUT2D eigenvalue weighted by atomic mass is 16.4. The number of hydrogen-bond donors (Lipinski definition) is 1. The van der Waals surface area contributed by atoms with Crippen LogP contribution >= 0.6 is 0 Å². The smallest absolute Gasteiger partial charge is 0.354 e. The van der Waals surface area contributed by atoms with E-state index < -0.39 is 5.97 Å². The molecule has 3 aromatic rings. The predicted octanol–water partition coefficient (Wildman–Crippen LogP) is 2.38. The number of rotatable bonds is 3. The van der Waals surface area contributed by atoms with E-state index >= 15 is 0 Å². The molecule has 7 nitrogen and oxygen atoms in total. The van der Waals surface area contributed by atoms with Crippen LogP contribution < -0.4 is 0 Å². The van der Waals surface area contributed by atoms with Crippen molar-refractivity contribution in [1.29, 1.82) is 0 Å². The van der Waals surface area contributed by atoms with Crippen molar-refractivity contribution in [2.45, 2.75) is 5.92 Å². The third kappa shape index (κ3) is 2.45. The molecular formula is C17H13N4O3+. The predicted molar refractivity (Wildman–Crippen MR) is 87.7 cm³/mol. The van der Waals surface area contributed by atoms with E-state index in [0.29, 0.717) is 22.6 Å². The molecule has 7 heteroatoms. The molecule has 24 heavy (non-hydrogen) atoms. The number of pyridine rings is 1. The van der Waals surface area contributed by atoms with Crippen molar-refractivity contribution >= 4 is 29.5 Å². The summed E-state index contributed by atoms with van der Waals surface area (Å²) < 4.78 is 7.51. The molecule has 3 heterocycles. The molecule has 0 fully saturated rings. The molecular weight excluding hydrogens is 308 g/mol. The Hall–Kier alpha value is -3.35. The first-order valence-corrected chi connectivity index (χ1v) is 7.32. The first-order valence-electron chi connectivity index (χ1n) is 7.32. The first kappa shape index (κ1) is 14.3. The number of carboxylic acid groups (broad SMARTS) is 1. The number of benzene rings is 1. The summed E-state index contributed by atoms with van der Waals surface area (Å²) >= 11 is 0. The van der Waals surface area contributed by atoms with Crippen molar-refractivity contribution in [3.05, 3.63) is 47.8 Å². The van der Waals surface area contributed by atoms with Gasteiger partial charge in [-0.2, -0.15) is 0 Å². The van der Waals surface area contributed by atoms with Gasteiger partial charge in [0.05, 0.1) is 6.21 Å². The summed E-state index contributed by atoms with van der Waals surface area (Å²) in [6.07, 6.45) is 5.30. The Balaban J connectivity index is 1.75. The number of aromatic nitrogens is 2. The van der Waals surface area contributed by atoms with Crippen molar-refractivity contribution in [3.8, 4) is 11.5 Å². The molecule has 1 atom stereocenters. The van der Waals surface area contributed by atoms with Crippen LogP contribution in [0.5, 0.6) is 0 Å². The lowest BCUT2D eigenvalue weighted by Crippen LogP contribution is -2.00. The fraction of sp³-hybridized carbons (Fsp3) is 0.118. The molecule has 1 unspecified atom stereocenters. The summed E-state index contributed by atoms with van der Waals surface area (Å²) in [7, 11) is 1.88. The van der Waals surface area contributed by atoms with Gasteiger partial charge in [0.1, 0.15) is 17.1 Å². The highest BCUT2D eigenvalue weighted by Gasteiger charge is 2.19.